The molecule has 2 saturated heterocycles. The summed E-state index contributed by atoms with van der Waals surface area (Å²) >= 11 is 0. The summed E-state index contributed by atoms with van der Waals surface area (Å²) in [4.78, 5) is 0. The summed E-state index contributed by atoms with van der Waals surface area (Å²) in [6, 6.07) is 50.0. The molecule has 0 unspecified atom stereocenters. The van der Waals surface area contributed by atoms with Crippen molar-refractivity contribution in [2.45, 2.75) is 159 Å². The highest BCUT2D eigenvalue weighted by Crippen LogP contribution is 2.37. The Kier molecular flexibility index (Phi) is 22.3. The molecule has 0 amide bonds. The largest absolute Gasteiger partial charge is 0.370 e. The number of benzene rings is 5. The van der Waals surface area contributed by atoms with Crippen molar-refractivity contribution < 1.29 is 37.9 Å². The summed E-state index contributed by atoms with van der Waals surface area (Å²) in [6.07, 6.45) is 13.3. The quantitative estimate of drug-likeness (QED) is 0.0356. The summed E-state index contributed by atoms with van der Waals surface area (Å²) in [5.41, 5.74) is 12.4. The van der Waals surface area contributed by atoms with Crippen LogP contribution in [0.1, 0.15) is 112 Å². The van der Waals surface area contributed by atoms with E-state index < -0.39 is 49.1 Å². The monoisotopic (exact) mass is 926 g/mol. The van der Waals surface area contributed by atoms with Gasteiger partial charge in [0.25, 0.3) is 0 Å². The van der Waals surface area contributed by atoms with Crippen LogP contribution in [0.3, 0.4) is 0 Å². The second kappa shape index (κ2) is 29.5. The Balaban J connectivity index is 1.09. The van der Waals surface area contributed by atoms with Crippen LogP contribution in [0, 0.1) is 0 Å². The third-order valence-corrected chi connectivity index (χ3v) is 12.8. The molecule has 2 heterocycles. The summed E-state index contributed by atoms with van der Waals surface area (Å²) in [5, 5.41) is 0. The number of nitrogens with two attached hydrogens (primary N) is 1. The van der Waals surface area contributed by atoms with E-state index in [4.69, 9.17) is 43.6 Å². The number of ether oxygens (including phenoxy) is 8. The average molecular weight is 926 g/mol. The lowest BCUT2D eigenvalue weighted by Gasteiger charge is -2.49. The second-order valence-corrected chi connectivity index (χ2v) is 18.2. The highest BCUT2D eigenvalue weighted by Gasteiger charge is 2.52. The minimum atomic E-state index is -0.873. The fourth-order valence-corrected chi connectivity index (χ4v) is 8.93. The maximum absolute atomic E-state index is 7.27. The minimum Gasteiger partial charge on any atom is -0.370 e. The average Bonchev–Trinajstić information content (AvgIpc) is 3.39. The van der Waals surface area contributed by atoms with E-state index in [1.54, 1.807) is 0 Å². The number of allylic oxidation sites excluding steroid dienone is 1. The molecule has 2 aliphatic rings. The molecule has 9 atom stereocenters. The maximum Gasteiger partial charge on any atom is 0.187 e. The van der Waals surface area contributed by atoms with E-state index in [2.05, 4.69) is 55.5 Å². The molecule has 2 aliphatic heterocycles. The lowest BCUT2D eigenvalue weighted by Crippen LogP contribution is -2.64. The van der Waals surface area contributed by atoms with E-state index in [1.807, 2.05) is 115 Å². The van der Waals surface area contributed by atoms with Crippen LogP contribution >= 0.6 is 0 Å². The Morgan fingerprint density at radius 2 is 1.04 bits per heavy atom. The molecule has 0 saturated carbocycles. The Bertz CT molecular complexity index is 2080. The van der Waals surface area contributed by atoms with E-state index in [-0.39, 0.29) is 19.3 Å². The predicted molar refractivity (Wildman–Crippen MR) is 268 cm³/mol. The van der Waals surface area contributed by atoms with Crippen molar-refractivity contribution in [1.82, 2.24) is 0 Å². The molecule has 68 heavy (non-hydrogen) atoms. The Morgan fingerprint density at radius 3 is 1.62 bits per heavy atom. The van der Waals surface area contributed by atoms with Gasteiger partial charge in [-0.15, -0.1) is 0 Å². The first kappa shape index (κ1) is 51.3. The molecule has 2 N–H and O–H groups in total. The molecule has 0 aliphatic carbocycles. The summed E-state index contributed by atoms with van der Waals surface area (Å²) in [5.74, 6) is 0. The Labute approximate surface area is 406 Å². The zero-order valence-electron chi connectivity index (χ0n) is 40.1. The summed E-state index contributed by atoms with van der Waals surface area (Å²) < 4.78 is 54.0. The molecule has 9 nitrogen and oxygen atoms in total. The number of hydrogen-bond donors (Lipinski definition) is 1. The second-order valence-electron chi connectivity index (χ2n) is 18.2. The summed E-state index contributed by atoms with van der Waals surface area (Å²) in [6.45, 7) is 4.09. The molecular weight excluding hydrogens is 851 g/mol. The zero-order valence-corrected chi connectivity index (χ0v) is 40.1. The SMILES string of the molecule is CCCCCCCCCCC/C=C/C[C@@H](OCc1ccccc1)[C@@H](OCc1ccccc1)[C@@H](N)CO[C@H]1O[C@@H]2CO[C@@H](c3ccccc3)O[C@@H]2[C@H](OCc2ccccc2)[C@H]1OCc1ccccc1. The van der Waals surface area contributed by atoms with Gasteiger partial charge in [0.05, 0.1) is 51.8 Å². The molecule has 364 valence electrons. The lowest BCUT2D eigenvalue weighted by molar-refractivity contribution is -0.373. The molecule has 5 aromatic rings. The van der Waals surface area contributed by atoms with Gasteiger partial charge in [0.2, 0.25) is 0 Å². The van der Waals surface area contributed by atoms with Gasteiger partial charge in [-0.25, -0.2) is 0 Å². The fraction of sp³-hybridized carbons (Fsp3) is 0.458. The normalized spacial score (nSPS) is 21.9. The molecule has 2 fully saturated rings. The van der Waals surface area contributed by atoms with Crippen molar-refractivity contribution in [3.63, 3.8) is 0 Å². The van der Waals surface area contributed by atoms with Gasteiger partial charge in [0.1, 0.15) is 30.5 Å². The first-order chi connectivity index (χ1) is 33.6. The van der Waals surface area contributed by atoms with Gasteiger partial charge < -0.3 is 43.6 Å². The van der Waals surface area contributed by atoms with Gasteiger partial charge in [-0.05, 0) is 41.5 Å². The van der Waals surface area contributed by atoms with Crippen molar-refractivity contribution in [3.8, 4) is 0 Å². The maximum atomic E-state index is 7.27. The van der Waals surface area contributed by atoms with E-state index in [1.165, 1.54) is 57.8 Å². The molecule has 9 heteroatoms. The Hall–Kier alpha value is -4.52. The topological polar surface area (TPSA) is 99.9 Å². The first-order valence-corrected chi connectivity index (χ1v) is 25.3. The van der Waals surface area contributed by atoms with Crippen molar-refractivity contribution in [3.05, 3.63) is 192 Å². The van der Waals surface area contributed by atoms with Crippen LogP contribution in [-0.2, 0) is 64.3 Å². The Morgan fingerprint density at radius 1 is 0.544 bits per heavy atom. The standard InChI is InChI=1S/C59H75NO8/c1-2-3-4-5-6-7-8-9-10-11-12-28-39-52(61-40-46-29-18-13-19-30-46)54(62-41-47-31-20-14-21-32-47)51(60)44-65-59-57(64-43-49-35-24-16-25-36-49)56(63-42-48-33-22-15-23-34-48)55-53(67-59)45-66-58(68-55)50-37-26-17-27-38-50/h12-38,51-59H,2-11,39-45,60H2,1H3/b28-12+/t51-,52+,53+,54-,55-,56-,57+,58+,59-/m0/s1. The molecule has 0 spiro atoms. The highest BCUT2D eigenvalue weighted by atomic mass is 16.8. The van der Waals surface area contributed by atoms with Crippen molar-refractivity contribution >= 4 is 0 Å². The van der Waals surface area contributed by atoms with Gasteiger partial charge in [-0.3, -0.25) is 0 Å². The van der Waals surface area contributed by atoms with Crippen LogP contribution in [-0.4, -0.2) is 62.2 Å². The van der Waals surface area contributed by atoms with Crippen molar-refractivity contribution in [2.24, 2.45) is 5.73 Å². The molecule has 7 rings (SSSR count). The van der Waals surface area contributed by atoms with Crippen LogP contribution in [0.25, 0.3) is 0 Å². The van der Waals surface area contributed by atoms with Crippen molar-refractivity contribution in [1.29, 1.82) is 0 Å². The number of unbranched alkanes of at least 4 members (excludes halogenated alkanes) is 9. The van der Waals surface area contributed by atoms with E-state index >= 15 is 0 Å². The van der Waals surface area contributed by atoms with Gasteiger partial charge in [-0.2, -0.15) is 0 Å². The van der Waals surface area contributed by atoms with Gasteiger partial charge in [0, 0.05) is 5.56 Å². The third kappa shape index (κ3) is 16.9. The number of rotatable bonds is 30. The lowest BCUT2D eigenvalue weighted by atomic mass is 9.96. The third-order valence-electron chi connectivity index (χ3n) is 12.8. The van der Waals surface area contributed by atoms with E-state index in [0.29, 0.717) is 32.8 Å². The zero-order chi connectivity index (χ0) is 46.9. The number of hydrogen-bond acceptors (Lipinski definition) is 9. The molecule has 5 aromatic carbocycles. The minimum absolute atomic E-state index is 0.0970. The molecular formula is C59H75NO8. The highest BCUT2D eigenvalue weighted by molar-refractivity contribution is 5.18. The van der Waals surface area contributed by atoms with E-state index in [0.717, 1.165) is 34.2 Å². The van der Waals surface area contributed by atoms with Gasteiger partial charge in [-0.1, -0.05) is 222 Å². The van der Waals surface area contributed by atoms with Crippen LogP contribution < -0.4 is 5.73 Å². The molecule has 0 bridgehead atoms. The van der Waals surface area contributed by atoms with Crippen molar-refractivity contribution in [2.75, 3.05) is 13.2 Å². The summed E-state index contributed by atoms with van der Waals surface area (Å²) in [7, 11) is 0. The first-order valence-electron chi connectivity index (χ1n) is 25.3. The van der Waals surface area contributed by atoms with E-state index in [9.17, 15) is 0 Å². The molecule has 0 radical (unpaired) electrons. The van der Waals surface area contributed by atoms with Gasteiger partial charge in [0.15, 0.2) is 12.6 Å². The van der Waals surface area contributed by atoms with Crippen LogP contribution in [0.15, 0.2) is 164 Å². The smallest absolute Gasteiger partial charge is 0.187 e. The van der Waals surface area contributed by atoms with Crippen LogP contribution in [0.5, 0.6) is 0 Å². The number of fused-ring (bicyclic) bond motifs is 1. The predicted octanol–water partition coefficient (Wildman–Crippen LogP) is 12.4. The van der Waals surface area contributed by atoms with Crippen LogP contribution in [0.4, 0.5) is 0 Å². The fourth-order valence-electron chi connectivity index (χ4n) is 8.93. The van der Waals surface area contributed by atoms with Crippen LogP contribution in [0.2, 0.25) is 0 Å². The molecule has 0 aromatic heterocycles. The van der Waals surface area contributed by atoms with Gasteiger partial charge >= 0.3 is 0 Å².